The van der Waals surface area contributed by atoms with Gasteiger partial charge in [0.1, 0.15) is 0 Å². The van der Waals surface area contributed by atoms with Gasteiger partial charge in [0.15, 0.2) is 6.29 Å². The molecule has 0 aliphatic carbocycles. The lowest BCUT2D eigenvalue weighted by Gasteiger charge is -2.42. The number of carbonyl (C=O) groups excluding carboxylic acids is 1. The zero-order chi connectivity index (χ0) is 26.2. The summed E-state index contributed by atoms with van der Waals surface area (Å²) >= 11 is 0. The Kier molecular flexibility index (Phi) is 9.25. The van der Waals surface area contributed by atoms with Crippen molar-refractivity contribution in [1.82, 2.24) is 10.2 Å². The van der Waals surface area contributed by atoms with Crippen LogP contribution in [0.25, 0.3) is 0 Å². The molecule has 0 bridgehead atoms. The van der Waals surface area contributed by atoms with Gasteiger partial charge in [-0.2, -0.15) is 0 Å². The quantitative estimate of drug-likeness (QED) is 0.383. The van der Waals surface area contributed by atoms with Crippen molar-refractivity contribution in [2.24, 2.45) is 5.92 Å². The number of benzene rings is 3. The number of hydrogen-bond donors (Lipinski definition) is 2. The van der Waals surface area contributed by atoms with E-state index in [1.54, 1.807) is 12.1 Å². The summed E-state index contributed by atoms with van der Waals surface area (Å²) in [6.45, 7) is 7.99. The molecule has 1 saturated heterocycles. The van der Waals surface area contributed by atoms with Gasteiger partial charge in [0.05, 0.1) is 18.8 Å². The third-order valence-corrected chi connectivity index (χ3v) is 6.80. The largest absolute Gasteiger partial charge is 0.392 e. The molecule has 0 spiro atoms. The topological polar surface area (TPSA) is 71.0 Å². The number of ether oxygens (including phenoxy) is 2. The molecule has 3 aromatic rings. The highest BCUT2D eigenvalue weighted by Gasteiger charge is 2.38. The third-order valence-electron chi connectivity index (χ3n) is 6.80. The average Bonchev–Trinajstić information content (AvgIpc) is 2.94. The second kappa shape index (κ2) is 12.8. The van der Waals surface area contributed by atoms with Crippen LogP contribution in [0.2, 0.25) is 0 Å². The fourth-order valence-corrected chi connectivity index (χ4v) is 4.60. The molecule has 194 valence electrons. The van der Waals surface area contributed by atoms with E-state index >= 15 is 0 Å². The van der Waals surface area contributed by atoms with Crippen LogP contribution in [-0.2, 0) is 22.6 Å². The molecule has 6 heteroatoms. The summed E-state index contributed by atoms with van der Waals surface area (Å²) in [6.07, 6.45) is 1.17. The lowest BCUT2D eigenvalue weighted by atomic mass is 9.90. The first kappa shape index (κ1) is 26.8. The normalized spacial score (nSPS) is 21.5. The first-order valence-electron chi connectivity index (χ1n) is 12.7. The minimum Gasteiger partial charge on any atom is -0.392 e. The number of likely N-dealkylation sites (N-methyl/N-ethyl adjacent to an activating group) is 1. The second-order valence-electron chi connectivity index (χ2n) is 9.62. The lowest BCUT2D eigenvalue weighted by Crippen LogP contribution is -2.43. The Balaban J connectivity index is 1.48. The predicted octanol–water partition coefficient (Wildman–Crippen LogP) is 5.02. The molecule has 1 fully saturated rings. The van der Waals surface area contributed by atoms with Crippen molar-refractivity contribution in [3.63, 3.8) is 0 Å². The van der Waals surface area contributed by atoms with Crippen molar-refractivity contribution in [3.8, 4) is 0 Å². The van der Waals surface area contributed by atoms with Crippen LogP contribution in [0.15, 0.2) is 91.5 Å². The van der Waals surface area contributed by atoms with E-state index in [0.717, 1.165) is 35.3 Å². The molecule has 1 amide bonds. The minimum absolute atomic E-state index is 0.0141. The first-order valence-corrected chi connectivity index (χ1v) is 12.7. The van der Waals surface area contributed by atoms with Crippen molar-refractivity contribution in [2.75, 3.05) is 20.1 Å². The lowest BCUT2D eigenvalue weighted by molar-refractivity contribution is -0.275. The molecule has 6 nitrogen and oxygen atoms in total. The van der Waals surface area contributed by atoms with Crippen molar-refractivity contribution < 1.29 is 19.4 Å². The number of hydrogen-bond acceptors (Lipinski definition) is 5. The SMILES string of the molecule is C=CCN(C)C[C@H]1O[C@@H](c2ccc(CNC(=O)c3ccccc3)cc2)O[C@@H](c2ccc(CO)cc2)[C@H]1C. The Morgan fingerprint density at radius 3 is 2.27 bits per heavy atom. The molecule has 0 aromatic heterocycles. The van der Waals surface area contributed by atoms with Crippen LogP contribution < -0.4 is 5.32 Å². The van der Waals surface area contributed by atoms with Gasteiger partial charge in [-0.25, -0.2) is 0 Å². The fourth-order valence-electron chi connectivity index (χ4n) is 4.60. The van der Waals surface area contributed by atoms with Gasteiger partial charge in [-0.1, -0.05) is 79.7 Å². The van der Waals surface area contributed by atoms with E-state index in [-0.39, 0.29) is 30.6 Å². The van der Waals surface area contributed by atoms with E-state index in [1.807, 2.05) is 72.8 Å². The average molecular weight is 501 g/mol. The molecule has 0 radical (unpaired) electrons. The van der Waals surface area contributed by atoms with Crippen LogP contribution in [-0.4, -0.2) is 42.2 Å². The molecule has 3 aromatic carbocycles. The maximum Gasteiger partial charge on any atom is 0.251 e. The van der Waals surface area contributed by atoms with E-state index in [0.29, 0.717) is 12.1 Å². The summed E-state index contributed by atoms with van der Waals surface area (Å²) in [7, 11) is 2.06. The van der Waals surface area contributed by atoms with E-state index in [1.165, 1.54) is 0 Å². The van der Waals surface area contributed by atoms with Crippen LogP contribution in [0.4, 0.5) is 0 Å². The van der Waals surface area contributed by atoms with Crippen LogP contribution in [0.5, 0.6) is 0 Å². The van der Waals surface area contributed by atoms with E-state index in [4.69, 9.17) is 9.47 Å². The van der Waals surface area contributed by atoms with Gasteiger partial charge in [0, 0.05) is 36.7 Å². The minimum atomic E-state index is -0.520. The number of carbonyl (C=O) groups is 1. The van der Waals surface area contributed by atoms with E-state index in [2.05, 4.69) is 30.8 Å². The van der Waals surface area contributed by atoms with Crippen molar-refractivity contribution >= 4 is 5.91 Å². The Hall–Kier alpha value is -3.29. The summed E-state index contributed by atoms with van der Waals surface area (Å²) in [6, 6.07) is 25.1. The molecule has 2 N–H and O–H groups in total. The second-order valence-corrected chi connectivity index (χ2v) is 9.62. The fraction of sp³-hybridized carbons (Fsp3) is 0.323. The number of nitrogens with one attached hydrogen (secondary N) is 1. The maximum atomic E-state index is 12.4. The molecule has 4 atom stereocenters. The summed E-state index contributed by atoms with van der Waals surface area (Å²) in [4.78, 5) is 14.6. The van der Waals surface area contributed by atoms with Crippen molar-refractivity contribution in [1.29, 1.82) is 0 Å². The zero-order valence-corrected chi connectivity index (χ0v) is 21.5. The van der Waals surface area contributed by atoms with Gasteiger partial charge >= 0.3 is 0 Å². The highest BCUT2D eigenvalue weighted by atomic mass is 16.7. The van der Waals surface area contributed by atoms with Gasteiger partial charge in [0.2, 0.25) is 0 Å². The molecule has 1 aliphatic heterocycles. The summed E-state index contributed by atoms with van der Waals surface area (Å²) in [5.41, 5.74) is 4.50. The Bertz CT molecular complexity index is 1150. The molecule has 37 heavy (non-hydrogen) atoms. The monoisotopic (exact) mass is 500 g/mol. The standard InChI is InChI=1S/C31H36N2O4/c1-4-18-33(3)20-28-22(2)29(25-14-12-24(21-34)13-15-25)37-31(36-28)27-16-10-23(11-17-27)19-32-30(35)26-8-6-5-7-9-26/h4-17,22,28-29,31,34H,1,18-21H2,2-3H3,(H,32,35)/t22-,28+,29+,31+/m0/s1. The Morgan fingerprint density at radius 2 is 1.62 bits per heavy atom. The van der Waals surface area contributed by atoms with Gasteiger partial charge in [-0.3, -0.25) is 4.79 Å². The van der Waals surface area contributed by atoms with Gasteiger partial charge < -0.3 is 24.8 Å². The predicted molar refractivity (Wildman–Crippen MR) is 145 cm³/mol. The first-order chi connectivity index (χ1) is 18.0. The number of aliphatic hydroxyl groups is 1. The van der Waals surface area contributed by atoms with Gasteiger partial charge in [-0.15, -0.1) is 6.58 Å². The van der Waals surface area contributed by atoms with Crippen LogP contribution in [0.3, 0.4) is 0 Å². The highest BCUT2D eigenvalue weighted by Crippen LogP contribution is 2.41. The molecular weight excluding hydrogens is 464 g/mol. The van der Waals surface area contributed by atoms with Crippen molar-refractivity contribution in [2.45, 2.75) is 38.6 Å². The zero-order valence-electron chi connectivity index (χ0n) is 21.5. The maximum absolute atomic E-state index is 12.4. The molecule has 1 aliphatic rings. The number of amides is 1. The smallest absolute Gasteiger partial charge is 0.251 e. The molecular formula is C31H36N2O4. The molecule has 0 unspecified atom stereocenters. The Labute approximate surface area is 219 Å². The van der Waals surface area contributed by atoms with E-state index < -0.39 is 6.29 Å². The number of nitrogens with zero attached hydrogens (tertiary/aromatic N) is 1. The van der Waals surface area contributed by atoms with E-state index in [9.17, 15) is 9.90 Å². The molecule has 4 rings (SSSR count). The third kappa shape index (κ3) is 6.93. The number of aliphatic hydroxyl groups excluding tert-OH is 1. The highest BCUT2D eigenvalue weighted by molar-refractivity contribution is 5.94. The van der Waals surface area contributed by atoms with Gasteiger partial charge in [0.25, 0.3) is 5.91 Å². The summed E-state index contributed by atoms with van der Waals surface area (Å²) in [5.74, 6) is 0.0233. The summed E-state index contributed by atoms with van der Waals surface area (Å²) < 4.78 is 13.0. The van der Waals surface area contributed by atoms with Crippen LogP contribution >= 0.6 is 0 Å². The van der Waals surface area contributed by atoms with Crippen LogP contribution in [0.1, 0.15) is 51.9 Å². The summed E-state index contributed by atoms with van der Waals surface area (Å²) in [5, 5.41) is 12.4. The van der Waals surface area contributed by atoms with Crippen molar-refractivity contribution in [3.05, 3.63) is 119 Å². The molecule has 0 saturated carbocycles. The van der Waals surface area contributed by atoms with Crippen LogP contribution in [0, 0.1) is 5.92 Å². The van der Waals surface area contributed by atoms with Gasteiger partial charge in [-0.05, 0) is 35.9 Å². The Morgan fingerprint density at radius 1 is 0.973 bits per heavy atom. The molecule has 1 heterocycles. The number of rotatable bonds is 10.